The summed E-state index contributed by atoms with van der Waals surface area (Å²) >= 11 is 0. The largest absolute Gasteiger partial charge is 0.371 e. The fourth-order valence-corrected chi connectivity index (χ4v) is 2.75. The van der Waals surface area contributed by atoms with Gasteiger partial charge >= 0.3 is 0 Å². The Morgan fingerprint density at radius 1 is 1.45 bits per heavy atom. The van der Waals surface area contributed by atoms with E-state index in [2.05, 4.69) is 20.4 Å². The van der Waals surface area contributed by atoms with Crippen LogP contribution < -0.4 is 10.2 Å². The molecule has 116 valence electrons. The molecule has 0 radical (unpaired) electrons. The number of aromatic nitrogens is 2. The number of aryl methyl sites for hydroxylation is 1. The van der Waals surface area contributed by atoms with Crippen molar-refractivity contribution >= 4 is 11.6 Å². The Morgan fingerprint density at radius 3 is 2.91 bits per heavy atom. The Balaban J connectivity index is 1.51. The number of aromatic amines is 1. The standard InChI is InChI=1S/C16H19FN4O/c1-11-8-15(20-19-11)16(22)18-9-12-6-7-21(10-12)14-4-2-13(17)3-5-14/h2-5,8,12H,6-7,9-10H2,1H3,(H,18,22)(H,19,20)/t12-/m0/s1. The fourth-order valence-electron chi connectivity index (χ4n) is 2.75. The highest BCUT2D eigenvalue weighted by molar-refractivity contribution is 5.92. The number of anilines is 1. The molecule has 6 heteroatoms. The van der Waals surface area contributed by atoms with E-state index in [1.807, 2.05) is 6.92 Å². The van der Waals surface area contributed by atoms with E-state index in [0.29, 0.717) is 18.2 Å². The first-order valence-electron chi connectivity index (χ1n) is 7.42. The summed E-state index contributed by atoms with van der Waals surface area (Å²) in [6, 6.07) is 8.27. The van der Waals surface area contributed by atoms with E-state index in [1.54, 1.807) is 18.2 Å². The number of hydrogen-bond donors (Lipinski definition) is 2. The van der Waals surface area contributed by atoms with E-state index in [0.717, 1.165) is 30.9 Å². The maximum Gasteiger partial charge on any atom is 0.271 e. The molecule has 1 fully saturated rings. The third kappa shape index (κ3) is 3.27. The summed E-state index contributed by atoms with van der Waals surface area (Å²) in [6.45, 7) is 4.28. The zero-order chi connectivity index (χ0) is 15.5. The number of halogens is 1. The zero-order valence-corrected chi connectivity index (χ0v) is 12.5. The van der Waals surface area contributed by atoms with Gasteiger partial charge in [-0.05, 0) is 49.6 Å². The predicted molar refractivity (Wildman–Crippen MR) is 82.4 cm³/mol. The number of carbonyl (C=O) groups excluding carboxylic acids is 1. The van der Waals surface area contributed by atoms with Gasteiger partial charge in [-0.3, -0.25) is 9.89 Å². The molecule has 1 aromatic carbocycles. The number of rotatable bonds is 4. The van der Waals surface area contributed by atoms with Crippen LogP contribution in [0, 0.1) is 18.7 Å². The first-order valence-corrected chi connectivity index (χ1v) is 7.42. The van der Waals surface area contributed by atoms with Gasteiger partial charge in [-0.1, -0.05) is 0 Å². The molecule has 0 aliphatic carbocycles. The monoisotopic (exact) mass is 302 g/mol. The van der Waals surface area contributed by atoms with Crippen LogP contribution in [0.1, 0.15) is 22.6 Å². The van der Waals surface area contributed by atoms with E-state index in [1.165, 1.54) is 12.1 Å². The molecular formula is C16H19FN4O. The van der Waals surface area contributed by atoms with Gasteiger partial charge in [0.25, 0.3) is 5.91 Å². The highest BCUT2D eigenvalue weighted by Crippen LogP contribution is 2.23. The van der Waals surface area contributed by atoms with E-state index < -0.39 is 0 Å². The lowest BCUT2D eigenvalue weighted by atomic mass is 10.1. The van der Waals surface area contributed by atoms with Gasteiger partial charge in [-0.15, -0.1) is 0 Å². The lowest BCUT2D eigenvalue weighted by Gasteiger charge is -2.18. The molecule has 1 aliphatic rings. The highest BCUT2D eigenvalue weighted by atomic mass is 19.1. The van der Waals surface area contributed by atoms with E-state index in [4.69, 9.17) is 0 Å². The number of amides is 1. The van der Waals surface area contributed by atoms with Crippen molar-refractivity contribution in [3.8, 4) is 0 Å². The van der Waals surface area contributed by atoms with Crippen molar-refractivity contribution in [1.82, 2.24) is 15.5 Å². The Bertz CT molecular complexity index is 652. The fraction of sp³-hybridized carbons (Fsp3) is 0.375. The van der Waals surface area contributed by atoms with Gasteiger partial charge in [0.1, 0.15) is 11.5 Å². The van der Waals surface area contributed by atoms with Crippen molar-refractivity contribution in [2.24, 2.45) is 5.92 Å². The van der Waals surface area contributed by atoms with Crippen molar-refractivity contribution in [2.45, 2.75) is 13.3 Å². The molecule has 1 atom stereocenters. The van der Waals surface area contributed by atoms with E-state index >= 15 is 0 Å². The van der Waals surface area contributed by atoms with Crippen molar-refractivity contribution < 1.29 is 9.18 Å². The molecule has 1 aromatic heterocycles. The lowest BCUT2D eigenvalue weighted by Crippen LogP contribution is -2.31. The van der Waals surface area contributed by atoms with Gasteiger partial charge < -0.3 is 10.2 Å². The maximum absolute atomic E-state index is 12.9. The normalized spacial score (nSPS) is 17.7. The second kappa shape index (κ2) is 6.17. The summed E-state index contributed by atoms with van der Waals surface area (Å²) < 4.78 is 12.9. The SMILES string of the molecule is Cc1cc(C(=O)NC[C@@H]2CCN(c3ccc(F)cc3)C2)n[nH]1. The van der Waals surface area contributed by atoms with Crippen LogP contribution in [-0.4, -0.2) is 35.7 Å². The van der Waals surface area contributed by atoms with Gasteiger partial charge in [0, 0.05) is 31.0 Å². The highest BCUT2D eigenvalue weighted by Gasteiger charge is 2.23. The zero-order valence-electron chi connectivity index (χ0n) is 12.5. The smallest absolute Gasteiger partial charge is 0.271 e. The minimum Gasteiger partial charge on any atom is -0.371 e. The van der Waals surface area contributed by atoms with E-state index in [9.17, 15) is 9.18 Å². The van der Waals surface area contributed by atoms with Gasteiger partial charge in [0.2, 0.25) is 0 Å². The number of nitrogens with zero attached hydrogens (tertiary/aromatic N) is 2. The Hall–Kier alpha value is -2.37. The number of carbonyl (C=O) groups is 1. The predicted octanol–water partition coefficient (Wildman–Crippen LogP) is 2.11. The molecule has 2 aromatic rings. The number of H-pyrrole nitrogens is 1. The van der Waals surface area contributed by atoms with Crippen LogP contribution in [0.5, 0.6) is 0 Å². The molecule has 0 spiro atoms. The molecule has 3 rings (SSSR count). The van der Waals surface area contributed by atoms with Crippen LogP contribution in [0.15, 0.2) is 30.3 Å². The van der Waals surface area contributed by atoms with Crippen molar-refractivity contribution in [3.05, 3.63) is 47.5 Å². The molecule has 22 heavy (non-hydrogen) atoms. The second-order valence-corrected chi connectivity index (χ2v) is 5.72. The second-order valence-electron chi connectivity index (χ2n) is 5.72. The average Bonchev–Trinajstić information content (AvgIpc) is 3.15. The topological polar surface area (TPSA) is 61.0 Å². The number of nitrogens with one attached hydrogen (secondary N) is 2. The van der Waals surface area contributed by atoms with Gasteiger partial charge in [-0.25, -0.2) is 4.39 Å². The van der Waals surface area contributed by atoms with Gasteiger partial charge in [-0.2, -0.15) is 5.10 Å². The average molecular weight is 302 g/mol. The summed E-state index contributed by atoms with van der Waals surface area (Å²) in [7, 11) is 0. The molecule has 1 aliphatic heterocycles. The maximum atomic E-state index is 12.9. The van der Waals surface area contributed by atoms with Crippen molar-refractivity contribution in [1.29, 1.82) is 0 Å². The minimum absolute atomic E-state index is 0.149. The van der Waals surface area contributed by atoms with Crippen molar-refractivity contribution in [2.75, 3.05) is 24.5 Å². The molecule has 0 unspecified atom stereocenters. The molecular weight excluding hydrogens is 283 g/mol. The number of benzene rings is 1. The lowest BCUT2D eigenvalue weighted by molar-refractivity contribution is 0.0943. The molecule has 1 saturated heterocycles. The first kappa shape index (κ1) is 14.6. The summed E-state index contributed by atoms with van der Waals surface area (Å²) in [5.74, 6) is 0.0275. The van der Waals surface area contributed by atoms with Gasteiger partial charge in [0.15, 0.2) is 0 Å². The van der Waals surface area contributed by atoms with Crippen molar-refractivity contribution in [3.63, 3.8) is 0 Å². The van der Waals surface area contributed by atoms with Gasteiger partial charge in [0.05, 0.1) is 0 Å². The molecule has 1 amide bonds. The molecule has 0 bridgehead atoms. The van der Waals surface area contributed by atoms with Crippen LogP contribution in [0.3, 0.4) is 0 Å². The first-order chi connectivity index (χ1) is 10.6. The third-order valence-corrected chi connectivity index (χ3v) is 3.97. The Kier molecular flexibility index (Phi) is 4.09. The van der Waals surface area contributed by atoms with Crippen LogP contribution in [0.25, 0.3) is 0 Å². The summed E-state index contributed by atoms with van der Waals surface area (Å²) in [4.78, 5) is 14.2. The molecule has 2 N–H and O–H groups in total. The third-order valence-electron chi connectivity index (χ3n) is 3.97. The van der Waals surface area contributed by atoms with Crippen LogP contribution >= 0.6 is 0 Å². The Labute approximate surface area is 128 Å². The molecule has 0 saturated carbocycles. The van der Waals surface area contributed by atoms with E-state index in [-0.39, 0.29) is 11.7 Å². The minimum atomic E-state index is -0.221. The Morgan fingerprint density at radius 2 is 2.23 bits per heavy atom. The quantitative estimate of drug-likeness (QED) is 0.909. The molecule has 5 nitrogen and oxygen atoms in total. The van der Waals surface area contributed by atoms with Crippen LogP contribution in [-0.2, 0) is 0 Å². The summed E-state index contributed by atoms with van der Waals surface area (Å²) in [6.07, 6.45) is 1.01. The summed E-state index contributed by atoms with van der Waals surface area (Å²) in [5.41, 5.74) is 2.32. The van der Waals surface area contributed by atoms with Crippen LogP contribution in [0.4, 0.5) is 10.1 Å². The van der Waals surface area contributed by atoms with Crippen LogP contribution in [0.2, 0.25) is 0 Å². The summed E-state index contributed by atoms with van der Waals surface area (Å²) in [5, 5.41) is 9.64. The molecule has 2 heterocycles. The number of hydrogen-bond acceptors (Lipinski definition) is 3.